The average molecular weight is 253 g/mol. The van der Waals surface area contributed by atoms with Gasteiger partial charge in [0.05, 0.1) is 0 Å². The molecule has 0 aromatic rings. The van der Waals surface area contributed by atoms with Crippen molar-refractivity contribution in [2.24, 2.45) is 0 Å². The third-order valence-electron chi connectivity index (χ3n) is 4.77. The van der Waals surface area contributed by atoms with E-state index in [-0.39, 0.29) is 0 Å². The highest BCUT2D eigenvalue weighted by atomic mass is 15.2. The maximum absolute atomic E-state index is 3.59. The normalized spacial score (nSPS) is 22.5. The third-order valence-corrected chi connectivity index (χ3v) is 4.77. The Morgan fingerprint density at radius 1 is 1.11 bits per heavy atom. The molecular weight excluding hydrogens is 222 g/mol. The summed E-state index contributed by atoms with van der Waals surface area (Å²) in [6, 6.07) is 0.870. The molecule has 2 rings (SSSR count). The lowest BCUT2D eigenvalue weighted by molar-refractivity contribution is 0.0275. The molecule has 0 aromatic heterocycles. The summed E-state index contributed by atoms with van der Waals surface area (Å²) in [5, 5.41) is 3.59. The zero-order chi connectivity index (χ0) is 13.0. The molecule has 0 radical (unpaired) electrons. The first-order chi connectivity index (χ1) is 8.62. The third kappa shape index (κ3) is 3.94. The van der Waals surface area contributed by atoms with Crippen LogP contribution in [0.4, 0.5) is 0 Å². The van der Waals surface area contributed by atoms with Crippen LogP contribution in [0.5, 0.6) is 0 Å². The van der Waals surface area contributed by atoms with Crippen molar-refractivity contribution in [2.45, 2.75) is 56.5 Å². The van der Waals surface area contributed by atoms with Gasteiger partial charge in [-0.3, -0.25) is 0 Å². The van der Waals surface area contributed by atoms with Crippen LogP contribution in [-0.4, -0.2) is 62.2 Å². The van der Waals surface area contributed by atoms with Gasteiger partial charge in [-0.25, -0.2) is 0 Å². The quantitative estimate of drug-likeness (QED) is 0.634. The fourth-order valence-corrected chi connectivity index (χ4v) is 3.01. The van der Waals surface area contributed by atoms with Crippen molar-refractivity contribution in [3.8, 4) is 0 Å². The predicted molar refractivity (Wildman–Crippen MR) is 78.0 cm³/mol. The van der Waals surface area contributed by atoms with Gasteiger partial charge in [-0.15, -0.1) is 0 Å². The Balaban J connectivity index is 1.54. The Morgan fingerprint density at radius 3 is 2.33 bits per heavy atom. The van der Waals surface area contributed by atoms with Gasteiger partial charge >= 0.3 is 0 Å². The van der Waals surface area contributed by atoms with Crippen molar-refractivity contribution in [3.05, 3.63) is 0 Å². The van der Waals surface area contributed by atoms with E-state index in [1.165, 1.54) is 64.6 Å². The summed E-state index contributed by atoms with van der Waals surface area (Å²) in [4.78, 5) is 4.98. The number of hydrogen-bond donors (Lipinski definition) is 1. The molecule has 1 N–H and O–H groups in total. The molecule has 0 bridgehead atoms. The highest BCUT2D eigenvalue weighted by molar-refractivity contribution is 4.97. The zero-order valence-electron chi connectivity index (χ0n) is 12.5. The second-order valence-corrected chi connectivity index (χ2v) is 6.65. The van der Waals surface area contributed by atoms with Crippen LogP contribution in [0.2, 0.25) is 0 Å². The van der Waals surface area contributed by atoms with Crippen LogP contribution < -0.4 is 5.32 Å². The lowest BCUT2D eigenvalue weighted by Crippen LogP contribution is -2.56. The van der Waals surface area contributed by atoms with E-state index in [0.29, 0.717) is 5.54 Å². The van der Waals surface area contributed by atoms with Gasteiger partial charge in [0.15, 0.2) is 0 Å². The largest absolute Gasteiger partial charge is 0.314 e. The summed E-state index contributed by atoms with van der Waals surface area (Å²) in [5.74, 6) is 0. The molecule has 0 spiro atoms. The Morgan fingerprint density at radius 2 is 1.83 bits per heavy atom. The highest BCUT2D eigenvalue weighted by Crippen LogP contribution is 2.36. The molecule has 0 unspecified atom stereocenters. The average Bonchev–Trinajstić information content (AvgIpc) is 3.06. The van der Waals surface area contributed by atoms with E-state index in [1.54, 1.807) is 0 Å². The minimum atomic E-state index is 0.487. The first-order valence-corrected chi connectivity index (χ1v) is 7.72. The summed E-state index contributed by atoms with van der Waals surface area (Å²) < 4.78 is 0. The Kier molecular flexibility index (Phi) is 5.05. The molecule has 2 saturated carbocycles. The molecule has 0 atom stereocenters. The molecular formula is C15H31N3. The van der Waals surface area contributed by atoms with Crippen molar-refractivity contribution in [3.63, 3.8) is 0 Å². The summed E-state index contributed by atoms with van der Waals surface area (Å²) in [6.07, 6.45) is 9.66. The molecule has 0 heterocycles. The maximum Gasteiger partial charge on any atom is 0.0330 e. The van der Waals surface area contributed by atoms with Gasteiger partial charge in [0.1, 0.15) is 0 Å². The molecule has 0 amide bonds. The minimum Gasteiger partial charge on any atom is -0.314 e. The number of likely N-dealkylation sites (N-methyl/N-ethyl adjacent to an activating group) is 2. The number of nitrogens with one attached hydrogen (secondary N) is 1. The number of hydrogen-bond acceptors (Lipinski definition) is 3. The van der Waals surface area contributed by atoms with Crippen LogP contribution >= 0.6 is 0 Å². The van der Waals surface area contributed by atoms with Crippen LogP contribution in [0.3, 0.4) is 0 Å². The smallest absolute Gasteiger partial charge is 0.0330 e. The summed E-state index contributed by atoms with van der Waals surface area (Å²) in [5.41, 5.74) is 0.487. The molecule has 3 heteroatoms. The van der Waals surface area contributed by atoms with E-state index < -0.39 is 0 Å². The molecule has 3 nitrogen and oxygen atoms in total. The molecule has 2 aliphatic rings. The molecule has 0 aromatic carbocycles. The van der Waals surface area contributed by atoms with E-state index in [4.69, 9.17) is 0 Å². The van der Waals surface area contributed by atoms with Crippen molar-refractivity contribution < 1.29 is 0 Å². The van der Waals surface area contributed by atoms with Gasteiger partial charge in [-0.1, -0.05) is 0 Å². The van der Waals surface area contributed by atoms with Gasteiger partial charge in [-0.2, -0.15) is 0 Å². The monoisotopic (exact) mass is 253 g/mol. The summed E-state index contributed by atoms with van der Waals surface area (Å²) >= 11 is 0. The van der Waals surface area contributed by atoms with E-state index in [9.17, 15) is 0 Å². The van der Waals surface area contributed by atoms with E-state index in [2.05, 4.69) is 36.3 Å². The number of rotatable bonds is 9. The van der Waals surface area contributed by atoms with Gasteiger partial charge in [-0.05, 0) is 79.2 Å². The van der Waals surface area contributed by atoms with Gasteiger partial charge in [0.25, 0.3) is 0 Å². The van der Waals surface area contributed by atoms with Gasteiger partial charge < -0.3 is 15.1 Å². The van der Waals surface area contributed by atoms with E-state index in [0.717, 1.165) is 6.04 Å². The molecule has 2 fully saturated rings. The topological polar surface area (TPSA) is 18.5 Å². The summed E-state index contributed by atoms with van der Waals surface area (Å²) in [6.45, 7) is 3.72. The zero-order valence-corrected chi connectivity index (χ0v) is 12.5. The first-order valence-electron chi connectivity index (χ1n) is 7.72. The molecule has 18 heavy (non-hydrogen) atoms. The SMILES string of the molecule is CN(CCCCNC1CC1)CC1(N(C)C)CCC1. The second kappa shape index (κ2) is 6.36. The van der Waals surface area contributed by atoms with Crippen molar-refractivity contribution in [2.75, 3.05) is 40.8 Å². The Labute approximate surface area is 113 Å². The van der Waals surface area contributed by atoms with Crippen molar-refractivity contribution >= 4 is 0 Å². The number of nitrogens with zero attached hydrogens (tertiary/aromatic N) is 2. The van der Waals surface area contributed by atoms with E-state index in [1.807, 2.05) is 0 Å². The molecule has 106 valence electrons. The highest BCUT2D eigenvalue weighted by Gasteiger charge is 2.39. The van der Waals surface area contributed by atoms with Crippen molar-refractivity contribution in [1.82, 2.24) is 15.1 Å². The Bertz CT molecular complexity index is 244. The lowest BCUT2D eigenvalue weighted by Gasteiger charge is -2.49. The van der Waals surface area contributed by atoms with E-state index >= 15 is 0 Å². The maximum atomic E-state index is 3.59. The van der Waals surface area contributed by atoms with Gasteiger partial charge in [0.2, 0.25) is 0 Å². The fourth-order valence-electron chi connectivity index (χ4n) is 3.01. The van der Waals surface area contributed by atoms with Gasteiger partial charge in [0, 0.05) is 18.1 Å². The lowest BCUT2D eigenvalue weighted by atomic mass is 9.75. The predicted octanol–water partition coefficient (Wildman–Crippen LogP) is 1.93. The van der Waals surface area contributed by atoms with Crippen molar-refractivity contribution in [1.29, 1.82) is 0 Å². The van der Waals surface area contributed by atoms with Crippen LogP contribution in [0.15, 0.2) is 0 Å². The second-order valence-electron chi connectivity index (χ2n) is 6.65. The minimum absolute atomic E-state index is 0.487. The van der Waals surface area contributed by atoms with Crippen LogP contribution in [0.1, 0.15) is 44.9 Å². The molecule has 0 saturated heterocycles. The standard InChI is InChI=1S/C15H31N3/c1-17(2)15(9-6-10-15)13-18(3)12-5-4-11-16-14-7-8-14/h14,16H,4-13H2,1-3H3. The Hall–Kier alpha value is -0.120. The fraction of sp³-hybridized carbons (Fsp3) is 1.00. The molecule has 2 aliphatic carbocycles. The first kappa shape index (κ1) is 14.3. The van der Waals surface area contributed by atoms with Crippen LogP contribution in [0.25, 0.3) is 0 Å². The van der Waals surface area contributed by atoms with Crippen LogP contribution in [0, 0.1) is 0 Å². The number of unbranched alkanes of at least 4 members (excludes halogenated alkanes) is 1. The summed E-state index contributed by atoms with van der Waals surface area (Å²) in [7, 11) is 6.77. The molecule has 0 aliphatic heterocycles. The van der Waals surface area contributed by atoms with Crippen LogP contribution in [-0.2, 0) is 0 Å².